The molecule has 1 aromatic rings. The standard InChI is InChI=1S/C16H21N5O4/c1-9-6-13(18(2)17-9)19-5-4-11(14(19)22)21-15(23)12-7-10(25-3)8-20(12)16(21)24/h6,10-12H,4-5,7-8H2,1-3H3/t10-,11-,12+/m1/s1. The molecular weight excluding hydrogens is 326 g/mol. The van der Waals surface area contributed by atoms with Crippen molar-refractivity contribution in [3.05, 3.63) is 11.8 Å². The SMILES string of the molecule is CO[C@@H]1C[C@H]2C(=O)N([C@@H]3CCN(c4cc(C)nn4C)C3=O)C(=O)N2C1. The van der Waals surface area contributed by atoms with E-state index in [0.29, 0.717) is 31.7 Å². The lowest BCUT2D eigenvalue weighted by molar-refractivity contribution is -0.134. The van der Waals surface area contributed by atoms with Gasteiger partial charge in [0, 0.05) is 39.7 Å². The first-order valence-corrected chi connectivity index (χ1v) is 8.41. The number of aromatic nitrogens is 2. The summed E-state index contributed by atoms with van der Waals surface area (Å²) in [6.07, 6.45) is 0.811. The third kappa shape index (κ3) is 2.25. The van der Waals surface area contributed by atoms with Gasteiger partial charge in [-0.2, -0.15) is 5.10 Å². The molecule has 25 heavy (non-hydrogen) atoms. The fourth-order valence-electron chi connectivity index (χ4n) is 4.08. The number of carbonyl (C=O) groups excluding carboxylic acids is 3. The number of anilines is 1. The van der Waals surface area contributed by atoms with Crippen LogP contribution in [0.1, 0.15) is 18.5 Å². The van der Waals surface area contributed by atoms with Crippen molar-refractivity contribution in [2.45, 2.75) is 38.0 Å². The highest BCUT2D eigenvalue weighted by Crippen LogP contribution is 2.33. The molecule has 3 fully saturated rings. The number of ether oxygens (including phenoxy) is 1. The van der Waals surface area contributed by atoms with Gasteiger partial charge in [-0.1, -0.05) is 0 Å². The van der Waals surface area contributed by atoms with E-state index in [9.17, 15) is 14.4 Å². The third-order valence-corrected chi connectivity index (χ3v) is 5.31. The Kier molecular flexibility index (Phi) is 3.57. The molecular formula is C16H21N5O4. The van der Waals surface area contributed by atoms with Crippen LogP contribution in [-0.2, 0) is 21.4 Å². The summed E-state index contributed by atoms with van der Waals surface area (Å²) < 4.78 is 6.91. The van der Waals surface area contributed by atoms with Crippen molar-refractivity contribution in [1.82, 2.24) is 19.6 Å². The smallest absolute Gasteiger partial charge is 0.328 e. The predicted octanol–water partition coefficient (Wildman–Crippen LogP) is -0.115. The van der Waals surface area contributed by atoms with E-state index in [4.69, 9.17) is 4.74 Å². The molecule has 0 aromatic carbocycles. The van der Waals surface area contributed by atoms with Gasteiger partial charge < -0.3 is 9.64 Å². The van der Waals surface area contributed by atoms with Crippen LogP contribution in [-0.4, -0.2) is 75.8 Å². The maximum Gasteiger partial charge on any atom is 0.328 e. The molecule has 0 bridgehead atoms. The molecule has 3 atom stereocenters. The van der Waals surface area contributed by atoms with Crippen LogP contribution in [0.3, 0.4) is 0 Å². The van der Waals surface area contributed by atoms with Crippen molar-refractivity contribution >= 4 is 23.7 Å². The van der Waals surface area contributed by atoms with Crippen LogP contribution in [0.2, 0.25) is 0 Å². The molecule has 3 saturated heterocycles. The van der Waals surface area contributed by atoms with E-state index in [2.05, 4.69) is 5.10 Å². The second kappa shape index (κ2) is 5.55. The van der Waals surface area contributed by atoms with Gasteiger partial charge in [0.1, 0.15) is 17.9 Å². The van der Waals surface area contributed by atoms with Gasteiger partial charge in [0.05, 0.1) is 11.8 Å². The summed E-state index contributed by atoms with van der Waals surface area (Å²) in [5.74, 6) is 0.171. The lowest BCUT2D eigenvalue weighted by Gasteiger charge is -2.23. The topological polar surface area (TPSA) is 88.0 Å². The number of methoxy groups -OCH3 is 1. The van der Waals surface area contributed by atoms with Crippen LogP contribution in [0.25, 0.3) is 0 Å². The molecule has 9 heteroatoms. The maximum absolute atomic E-state index is 12.9. The Bertz CT molecular complexity index is 736. The van der Waals surface area contributed by atoms with Crippen LogP contribution in [0.15, 0.2) is 6.07 Å². The zero-order chi connectivity index (χ0) is 17.9. The molecule has 0 radical (unpaired) electrons. The van der Waals surface area contributed by atoms with E-state index in [1.54, 1.807) is 23.7 Å². The molecule has 134 valence electrons. The average Bonchev–Trinajstić information content (AvgIpc) is 3.28. The van der Waals surface area contributed by atoms with Crippen molar-refractivity contribution in [2.75, 3.05) is 25.1 Å². The number of hydrogen-bond acceptors (Lipinski definition) is 5. The molecule has 1 aromatic heterocycles. The Morgan fingerprint density at radius 1 is 1.20 bits per heavy atom. The van der Waals surface area contributed by atoms with E-state index < -0.39 is 12.1 Å². The van der Waals surface area contributed by atoms with Crippen LogP contribution in [0, 0.1) is 6.92 Å². The van der Waals surface area contributed by atoms with Gasteiger partial charge in [-0.3, -0.25) is 19.2 Å². The number of urea groups is 1. The lowest BCUT2D eigenvalue weighted by atomic mass is 10.1. The zero-order valence-electron chi connectivity index (χ0n) is 14.5. The molecule has 9 nitrogen and oxygen atoms in total. The summed E-state index contributed by atoms with van der Waals surface area (Å²) in [5, 5.41) is 4.26. The van der Waals surface area contributed by atoms with Crippen molar-refractivity contribution in [1.29, 1.82) is 0 Å². The van der Waals surface area contributed by atoms with E-state index >= 15 is 0 Å². The highest BCUT2D eigenvalue weighted by Gasteiger charge is 2.55. The summed E-state index contributed by atoms with van der Waals surface area (Å²) in [7, 11) is 3.35. The van der Waals surface area contributed by atoms with Crippen LogP contribution in [0.4, 0.5) is 10.6 Å². The van der Waals surface area contributed by atoms with Gasteiger partial charge in [-0.15, -0.1) is 0 Å². The molecule has 4 rings (SSSR count). The summed E-state index contributed by atoms with van der Waals surface area (Å²) in [4.78, 5) is 42.6. The minimum Gasteiger partial charge on any atom is -0.380 e. The number of imide groups is 1. The Morgan fingerprint density at radius 2 is 1.96 bits per heavy atom. The largest absolute Gasteiger partial charge is 0.380 e. The Balaban J connectivity index is 1.56. The molecule has 4 heterocycles. The first kappa shape index (κ1) is 16.1. The van der Waals surface area contributed by atoms with Gasteiger partial charge in [-0.05, 0) is 13.3 Å². The van der Waals surface area contributed by atoms with Crippen LogP contribution < -0.4 is 4.90 Å². The number of amides is 4. The molecule has 0 aliphatic carbocycles. The summed E-state index contributed by atoms with van der Waals surface area (Å²) in [6.45, 7) is 2.72. The second-order valence-corrected chi connectivity index (χ2v) is 6.81. The first-order valence-electron chi connectivity index (χ1n) is 8.41. The predicted molar refractivity (Wildman–Crippen MR) is 86.9 cm³/mol. The molecule has 3 aliphatic heterocycles. The van der Waals surface area contributed by atoms with Gasteiger partial charge in [0.2, 0.25) is 0 Å². The normalized spacial score (nSPS) is 29.3. The maximum atomic E-state index is 12.9. The first-order chi connectivity index (χ1) is 11.9. The van der Waals surface area contributed by atoms with Crippen molar-refractivity contribution in [3.63, 3.8) is 0 Å². The monoisotopic (exact) mass is 347 g/mol. The van der Waals surface area contributed by atoms with Crippen molar-refractivity contribution in [3.8, 4) is 0 Å². The van der Waals surface area contributed by atoms with Crippen molar-refractivity contribution < 1.29 is 19.1 Å². The quantitative estimate of drug-likeness (QED) is 0.712. The molecule has 3 aliphatic rings. The number of carbonyl (C=O) groups is 3. The molecule has 0 unspecified atom stereocenters. The molecule has 0 saturated carbocycles. The minimum absolute atomic E-state index is 0.117. The van der Waals surface area contributed by atoms with E-state index in [-0.39, 0.29) is 23.9 Å². The third-order valence-electron chi connectivity index (χ3n) is 5.31. The summed E-state index contributed by atoms with van der Waals surface area (Å²) in [6, 6.07) is 0.214. The number of fused-ring (bicyclic) bond motifs is 1. The van der Waals surface area contributed by atoms with Gasteiger partial charge >= 0.3 is 6.03 Å². The molecule has 0 N–H and O–H groups in total. The van der Waals surface area contributed by atoms with E-state index in [0.717, 1.165) is 10.6 Å². The van der Waals surface area contributed by atoms with E-state index in [1.165, 1.54) is 4.90 Å². The number of hydrogen-bond donors (Lipinski definition) is 0. The van der Waals surface area contributed by atoms with Crippen LogP contribution in [0.5, 0.6) is 0 Å². The Morgan fingerprint density at radius 3 is 2.56 bits per heavy atom. The fraction of sp³-hybridized carbons (Fsp3) is 0.625. The van der Waals surface area contributed by atoms with Gasteiger partial charge in [0.25, 0.3) is 11.8 Å². The summed E-state index contributed by atoms with van der Waals surface area (Å²) >= 11 is 0. The van der Waals surface area contributed by atoms with Crippen LogP contribution >= 0.6 is 0 Å². The Labute approximate surface area is 145 Å². The lowest BCUT2D eigenvalue weighted by Crippen LogP contribution is -2.47. The Hall–Kier alpha value is -2.42. The number of aryl methyl sites for hydroxylation is 2. The highest BCUT2D eigenvalue weighted by molar-refractivity contribution is 6.10. The van der Waals surface area contributed by atoms with Gasteiger partial charge in [0.15, 0.2) is 0 Å². The van der Waals surface area contributed by atoms with Gasteiger partial charge in [-0.25, -0.2) is 9.69 Å². The highest BCUT2D eigenvalue weighted by atomic mass is 16.5. The summed E-state index contributed by atoms with van der Waals surface area (Å²) in [5.41, 5.74) is 0.813. The van der Waals surface area contributed by atoms with Crippen molar-refractivity contribution in [2.24, 2.45) is 7.05 Å². The van der Waals surface area contributed by atoms with E-state index in [1.807, 2.05) is 13.0 Å². The number of rotatable bonds is 3. The average molecular weight is 347 g/mol. The number of nitrogens with zero attached hydrogens (tertiary/aromatic N) is 5. The second-order valence-electron chi connectivity index (χ2n) is 6.81. The minimum atomic E-state index is -0.734. The fourth-order valence-corrected chi connectivity index (χ4v) is 4.08. The zero-order valence-corrected chi connectivity index (χ0v) is 14.5. The molecule has 0 spiro atoms. The molecule has 4 amide bonds.